The number of nitrogens with zero attached hydrogens (tertiary/aromatic N) is 1. The van der Waals surface area contributed by atoms with E-state index < -0.39 is 0 Å². The number of aryl methyl sites for hydroxylation is 1. The first-order valence-corrected chi connectivity index (χ1v) is 4.83. The number of aromatic nitrogens is 1. The van der Waals surface area contributed by atoms with Crippen LogP contribution in [-0.2, 0) is 6.42 Å². The molecule has 3 nitrogen and oxygen atoms in total. The lowest BCUT2D eigenvalue weighted by molar-refractivity contribution is 0.0976. The van der Waals surface area contributed by atoms with Crippen molar-refractivity contribution in [3.05, 3.63) is 10.6 Å². The standard InChI is InChI=1S/C8H10N2OS/c1-9-8-10-5-3-2-4-6(11)7(5)12-8/h2-4H2,1H3,(H,9,10). The molecule has 0 amide bonds. The zero-order valence-corrected chi connectivity index (χ0v) is 7.70. The van der Waals surface area contributed by atoms with Gasteiger partial charge < -0.3 is 5.32 Å². The molecule has 4 heteroatoms. The fraction of sp³-hybridized carbons (Fsp3) is 0.500. The molecule has 1 aliphatic rings. The zero-order chi connectivity index (χ0) is 8.55. The maximum absolute atomic E-state index is 11.4. The summed E-state index contributed by atoms with van der Waals surface area (Å²) in [7, 11) is 1.83. The van der Waals surface area contributed by atoms with Crippen molar-refractivity contribution in [2.45, 2.75) is 19.3 Å². The van der Waals surface area contributed by atoms with Crippen LogP contribution < -0.4 is 5.32 Å². The van der Waals surface area contributed by atoms with Gasteiger partial charge in [-0.25, -0.2) is 4.98 Å². The van der Waals surface area contributed by atoms with Gasteiger partial charge in [0.05, 0.1) is 10.6 Å². The van der Waals surface area contributed by atoms with Crippen LogP contribution in [0.1, 0.15) is 28.2 Å². The van der Waals surface area contributed by atoms with Crippen LogP contribution in [-0.4, -0.2) is 17.8 Å². The second-order valence-electron chi connectivity index (χ2n) is 2.82. The second-order valence-corrected chi connectivity index (χ2v) is 3.82. The minimum absolute atomic E-state index is 0.259. The third-order valence-electron chi connectivity index (χ3n) is 1.98. The summed E-state index contributed by atoms with van der Waals surface area (Å²) in [6.07, 6.45) is 2.61. The van der Waals surface area contributed by atoms with Gasteiger partial charge in [-0.1, -0.05) is 11.3 Å². The van der Waals surface area contributed by atoms with Gasteiger partial charge in [-0.15, -0.1) is 0 Å². The van der Waals surface area contributed by atoms with E-state index >= 15 is 0 Å². The van der Waals surface area contributed by atoms with Crippen LogP contribution in [0.4, 0.5) is 5.13 Å². The first-order valence-electron chi connectivity index (χ1n) is 4.02. The Morgan fingerprint density at radius 1 is 1.50 bits per heavy atom. The van der Waals surface area contributed by atoms with Gasteiger partial charge in [-0.3, -0.25) is 4.79 Å². The Labute approximate surface area is 74.8 Å². The number of rotatable bonds is 1. The van der Waals surface area contributed by atoms with Crippen molar-refractivity contribution in [2.24, 2.45) is 0 Å². The van der Waals surface area contributed by atoms with E-state index in [0.29, 0.717) is 6.42 Å². The molecule has 0 atom stereocenters. The SMILES string of the molecule is CNc1nc2c(s1)C(=O)CCC2. The highest BCUT2D eigenvalue weighted by atomic mass is 32.1. The molecule has 0 saturated heterocycles. The van der Waals surface area contributed by atoms with E-state index in [1.165, 1.54) is 11.3 Å². The minimum atomic E-state index is 0.259. The Morgan fingerprint density at radius 2 is 2.33 bits per heavy atom. The van der Waals surface area contributed by atoms with Gasteiger partial charge in [-0.2, -0.15) is 0 Å². The second kappa shape index (κ2) is 2.86. The Morgan fingerprint density at radius 3 is 3.00 bits per heavy atom. The highest BCUT2D eigenvalue weighted by molar-refractivity contribution is 7.17. The molecule has 2 rings (SSSR count). The number of carbonyl (C=O) groups is 1. The maximum atomic E-state index is 11.4. The molecule has 0 saturated carbocycles. The van der Waals surface area contributed by atoms with Crippen LogP contribution in [0.5, 0.6) is 0 Å². The number of nitrogens with one attached hydrogen (secondary N) is 1. The Balaban J connectivity index is 2.43. The maximum Gasteiger partial charge on any atom is 0.183 e. The summed E-state index contributed by atoms with van der Waals surface area (Å²) < 4.78 is 0. The van der Waals surface area contributed by atoms with Gasteiger partial charge in [0.2, 0.25) is 0 Å². The van der Waals surface area contributed by atoms with Crippen molar-refractivity contribution < 1.29 is 4.79 Å². The monoisotopic (exact) mass is 182 g/mol. The molecule has 1 aromatic heterocycles. The fourth-order valence-corrected chi connectivity index (χ4v) is 2.31. The molecular formula is C8H10N2OS. The summed E-state index contributed by atoms with van der Waals surface area (Å²) in [6, 6.07) is 0. The van der Waals surface area contributed by atoms with Crippen LogP contribution in [0.25, 0.3) is 0 Å². The van der Waals surface area contributed by atoms with Gasteiger partial charge in [0, 0.05) is 13.5 Å². The lowest BCUT2D eigenvalue weighted by Gasteiger charge is -2.05. The van der Waals surface area contributed by atoms with Crippen LogP contribution in [0.15, 0.2) is 0 Å². The molecule has 0 unspecified atom stereocenters. The van der Waals surface area contributed by atoms with Crippen molar-refractivity contribution >= 4 is 22.3 Å². The average molecular weight is 182 g/mol. The van der Waals surface area contributed by atoms with Crippen LogP contribution in [0, 0.1) is 0 Å². The van der Waals surface area contributed by atoms with Crippen LogP contribution >= 0.6 is 11.3 Å². The van der Waals surface area contributed by atoms with E-state index in [4.69, 9.17) is 0 Å². The molecule has 64 valence electrons. The molecule has 1 aliphatic carbocycles. The molecule has 0 fully saturated rings. The fourth-order valence-electron chi connectivity index (χ4n) is 1.38. The van der Waals surface area contributed by atoms with Gasteiger partial charge in [0.1, 0.15) is 0 Å². The molecule has 0 radical (unpaired) electrons. The predicted octanol–water partition coefficient (Wildman–Crippen LogP) is 1.70. The number of fused-ring (bicyclic) bond motifs is 1. The van der Waals surface area contributed by atoms with Crippen LogP contribution in [0.2, 0.25) is 0 Å². The lowest BCUT2D eigenvalue weighted by Crippen LogP contribution is -2.07. The lowest BCUT2D eigenvalue weighted by atomic mass is 10.0. The molecule has 0 aromatic carbocycles. The minimum Gasteiger partial charge on any atom is -0.365 e. The molecule has 0 aliphatic heterocycles. The zero-order valence-electron chi connectivity index (χ0n) is 6.89. The van der Waals surface area contributed by atoms with Gasteiger partial charge in [0.25, 0.3) is 0 Å². The Bertz CT molecular complexity index is 319. The van der Waals surface area contributed by atoms with Crippen molar-refractivity contribution in [3.63, 3.8) is 0 Å². The van der Waals surface area contributed by atoms with E-state index in [1.807, 2.05) is 7.05 Å². The number of hydrogen-bond acceptors (Lipinski definition) is 4. The Kier molecular flexibility index (Phi) is 1.84. The van der Waals surface area contributed by atoms with Gasteiger partial charge in [0.15, 0.2) is 10.9 Å². The molecule has 1 N–H and O–H groups in total. The molecule has 0 spiro atoms. The molecule has 0 bridgehead atoms. The largest absolute Gasteiger partial charge is 0.365 e. The summed E-state index contributed by atoms with van der Waals surface area (Å²) >= 11 is 1.47. The van der Waals surface area contributed by atoms with E-state index in [9.17, 15) is 4.79 Å². The van der Waals surface area contributed by atoms with Crippen LogP contribution in [0.3, 0.4) is 0 Å². The highest BCUT2D eigenvalue weighted by Crippen LogP contribution is 2.28. The summed E-state index contributed by atoms with van der Waals surface area (Å²) in [5.41, 5.74) is 0.987. The average Bonchev–Trinajstić information content (AvgIpc) is 2.49. The van der Waals surface area contributed by atoms with E-state index in [2.05, 4.69) is 10.3 Å². The van der Waals surface area contributed by atoms with E-state index in [1.54, 1.807) is 0 Å². The number of ketones is 1. The predicted molar refractivity (Wildman–Crippen MR) is 48.9 cm³/mol. The molecule has 1 aromatic rings. The van der Waals surface area contributed by atoms with Crippen molar-refractivity contribution in [1.82, 2.24) is 4.98 Å². The first kappa shape index (κ1) is 7.73. The number of anilines is 1. The summed E-state index contributed by atoms with van der Waals surface area (Å²) in [4.78, 5) is 16.5. The summed E-state index contributed by atoms with van der Waals surface area (Å²) in [5, 5.41) is 3.82. The Hall–Kier alpha value is -0.900. The number of hydrogen-bond donors (Lipinski definition) is 1. The third kappa shape index (κ3) is 1.12. The highest BCUT2D eigenvalue weighted by Gasteiger charge is 2.21. The van der Waals surface area contributed by atoms with E-state index in [-0.39, 0.29) is 5.78 Å². The van der Waals surface area contributed by atoms with Crippen molar-refractivity contribution in [1.29, 1.82) is 0 Å². The van der Waals surface area contributed by atoms with E-state index in [0.717, 1.165) is 28.5 Å². The molecule has 1 heterocycles. The number of Topliss-reactive ketones (excluding diaryl/α,β-unsaturated/α-hetero) is 1. The normalized spacial score (nSPS) is 15.9. The van der Waals surface area contributed by atoms with Gasteiger partial charge in [-0.05, 0) is 12.8 Å². The first-order chi connectivity index (χ1) is 5.81. The molecule has 12 heavy (non-hydrogen) atoms. The molecular weight excluding hydrogens is 172 g/mol. The van der Waals surface area contributed by atoms with Crippen molar-refractivity contribution in [2.75, 3.05) is 12.4 Å². The third-order valence-corrected chi connectivity index (χ3v) is 3.14. The smallest absolute Gasteiger partial charge is 0.183 e. The topological polar surface area (TPSA) is 42.0 Å². The van der Waals surface area contributed by atoms with Gasteiger partial charge >= 0.3 is 0 Å². The number of thiazole rings is 1. The number of carbonyl (C=O) groups excluding carboxylic acids is 1. The quantitative estimate of drug-likeness (QED) is 0.718. The van der Waals surface area contributed by atoms with Crippen molar-refractivity contribution in [3.8, 4) is 0 Å². The summed E-state index contributed by atoms with van der Waals surface area (Å²) in [5.74, 6) is 0.259. The summed E-state index contributed by atoms with van der Waals surface area (Å²) in [6.45, 7) is 0.